The van der Waals surface area contributed by atoms with Crippen LogP contribution in [0.2, 0.25) is 0 Å². The number of thioether (sulfide) groups is 1. The van der Waals surface area contributed by atoms with Crippen LogP contribution >= 0.6 is 34.4 Å². The molecule has 2 rings (SSSR count). The molecule has 0 radical (unpaired) electrons. The second-order valence-electron chi connectivity index (χ2n) is 4.99. The largest absolute Gasteiger partial charge is 0.369 e. The van der Waals surface area contributed by atoms with Crippen molar-refractivity contribution in [2.45, 2.75) is 57.0 Å². The van der Waals surface area contributed by atoms with Gasteiger partial charge in [0.1, 0.15) is 11.6 Å². The number of nitrogens with one attached hydrogen (secondary N) is 1. The summed E-state index contributed by atoms with van der Waals surface area (Å²) in [5.41, 5.74) is 1.09. The third kappa shape index (κ3) is 4.48. The first kappa shape index (κ1) is 15.4. The summed E-state index contributed by atoms with van der Waals surface area (Å²) >= 11 is 4.36. The number of aryl methyl sites for hydroxylation is 1. The van der Waals surface area contributed by atoms with Crippen LogP contribution < -0.4 is 5.32 Å². The SMILES string of the molecule is CCNc1nc(CSC2CCCCC2)nc(C)c1I. The number of halogens is 1. The standard InChI is InChI=1S/C14H22IN3S/c1-3-16-14-13(15)10(2)17-12(18-14)9-19-11-7-5-4-6-8-11/h11H,3-9H2,1-2H3,(H,16,17,18). The molecule has 1 heterocycles. The van der Waals surface area contributed by atoms with Crippen molar-refractivity contribution in [1.29, 1.82) is 0 Å². The maximum absolute atomic E-state index is 4.66. The van der Waals surface area contributed by atoms with Crippen molar-refractivity contribution in [2.75, 3.05) is 11.9 Å². The van der Waals surface area contributed by atoms with E-state index >= 15 is 0 Å². The Morgan fingerprint density at radius 3 is 2.68 bits per heavy atom. The van der Waals surface area contributed by atoms with Crippen LogP contribution in [-0.4, -0.2) is 21.8 Å². The lowest BCUT2D eigenvalue weighted by molar-refractivity contribution is 0.516. The van der Waals surface area contributed by atoms with Crippen molar-refractivity contribution in [3.63, 3.8) is 0 Å². The third-order valence-electron chi connectivity index (χ3n) is 3.41. The molecule has 0 aliphatic heterocycles. The fourth-order valence-electron chi connectivity index (χ4n) is 2.39. The summed E-state index contributed by atoms with van der Waals surface area (Å²) in [6, 6.07) is 0. The van der Waals surface area contributed by atoms with E-state index in [4.69, 9.17) is 0 Å². The summed E-state index contributed by atoms with van der Waals surface area (Å²) in [5.74, 6) is 2.92. The van der Waals surface area contributed by atoms with Gasteiger partial charge in [-0.05, 0) is 49.3 Å². The Kier molecular flexibility index (Phi) is 6.19. The highest BCUT2D eigenvalue weighted by molar-refractivity contribution is 14.1. The lowest BCUT2D eigenvalue weighted by atomic mass is 10.0. The molecular weight excluding hydrogens is 369 g/mol. The van der Waals surface area contributed by atoms with Gasteiger partial charge in [0.15, 0.2) is 0 Å². The van der Waals surface area contributed by atoms with Gasteiger partial charge in [-0.1, -0.05) is 19.3 Å². The Morgan fingerprint density at radius 1 is 1.26 bits per heavy atom. The first-order chi connectivity index (χ1) is 9.20. The highest BCUT2D eigenvalue weighted by Crippen LogP contribution is 2.30. The van der Waals surface area contributed by atoms with Gasteiger partial charge in [-0.15, -0.1) is 0 Å². The number of aromatic nitrogens is 2. The number of hydrogen-bond acceptors (Lipinski definition) is 4. The van der Waals surface area contributed by atoms with Gasteiger partial charge in [-0.3, -0.25) is 0 Å². The average Bonchev–Trinajstić information content (AvgIpc) is 2.43. The zero-order valence-electron chi connectivity index (χ0n) is 11.7. The second kappa shape index (κ2) is 7.67. The van der Waals surface area contributed by atoms with Gasteiger partial charge in [0.05, 0.1) is 15.0 Å². The molecule has 0 aromatic carbocycles. The summed E-state index contributed by atoms with van der Waals surface area (Å²) in [7, 11) is 0. The molecule has 1 aliphatic carbocycles. The van der Waals surface area contributed by atoms with Crippen molar-refractivity contribution < 1.29 is 0 Å². The van der Waals surface area contributed by atoms with Gasteiger partial charge in [-0.2, -0.15) is 11.8 Å². The highest BCUT2D eigenvalue weighted by atomic mass is 127. The number of rotatable bonds is 5. The van der Waals surface area contributed by atoms with E-state index in [2.05, 4.69) is 51.7 Å². The van der Waals surface area contributed by atoms with Gasteiger partial charge in [0.2, 0.25) is 0 Å². The Labute approximate surface area is 133 Å². The van der Waals surface area contributed by atoms with Crippen LogP contribution in [-0.2, 0) is 5.75 Å². The second-order valence-corrected chi connectivity index (χ2v) is 7.36. The summed E-state index contributed by atoms with van der Waals surface area (Å²) in [4.78, 5) is 9.28. The van der Waals surface area contributed by atoms with Crippen molar-refractivity contribution in [2.24, 2.45) is 0 Å². The highest BCUT2D eigenvalue weighted by Gasteiger charge is 2.15. The van der Waals surface area contributed by atoms with Crippen LogP contribution in [0, 0.1) is 10.5 Å². The molecule has 0 amide bonds. The minimum Gasteiger partial charge on any atom is -0.369 e. The summed E-state index contributed by atoms with van der Waals surface area (Å²) in [6.07, 6.45) is 6.95. The monoisotopic (exact) mass is 391 g/mol. The molecule has 0 saturated heterocycles. The van der Waals surface area contributed by atoms with E-state index in [1.54, 1.807) is 0 Å². The summed E-state index contributed by atoms with van der Waals surface area (Å²) in [5, 5.41) is 4.15. The van der Waals surface area contributed by atoms with Gasteiger partial charge in [0, 0.05) is 11.8 Å². The van der Waals surface area contributed by atoms with E-state index in [9.17, 15) is 0 Å². The van der Waals surface area contributed by atoms with Gasteiger partial charge >= 0.3 is 0 Å². The molecule has 3 nitrogen and oxygen atoms in total. The smallest absolute Gasteiger partial charge is 0.143 e. The lowest BCUT2D eigenvalue weighted by Crippen LogP contribution is -2.11. The molecule has 0 unspecified atom stereocenters. The Hall–Kier alpha value is -0.0400. The van der Waals surface area contributed by atoms with Crippen LogP contribution in [0.3, 0.4) is 0 Å². The van der Waals surface area contributed by atoms with Crippen LogP contribution in [0.15, 0.2) is 0 Å². The number of nitrogens with zero attached hydrogens (tertiary/aromatic N) is 2. The van der Waals surface area contributed by atoms with Gasteiger partial charge in [0.25, 0.3) is 0 Å². The predicted molar refractivity (Wildman–Crippen MR) is 91.8 cm³/mol. The van der Waals surface area contributed by atoms with E-state index < -0.39 is 0 Å². The minimum absolute atomic E-state index is 0.819. The Bertz CT molecular complexity index is 419. The number of anilines is 1. The van der Waals surface area contributed by atoms with Crippen molar-refractivity contribution in [1.82, 2.24) is 9.97 Å². The maximum atomic E-state index is 4.66. The zero-order chi connectivity index (χ0) is 13.7. The molecule has 0 atom stereocenters. The summed E-state index contributed by atoms with van der Waals surface area (Å²) in [6.45, 7) is 5.07. The van der Waals surface area contributed by atoms with E-state index in [1.165, 1.54) is 32.1 Å². The Morgan fingerprint density at radius 2 is 2.00 bits per heavy atom. The first-order valence-electron chi connectivity index (χ1n) is 7.09. The molecule has 0 bridgehead atoms. The molecule has 1 aromatic rings. The van der Waals surface area contributed by atoms with Crippen LogP contribution in [0.25, 0.3) is 0 Å². The first-order valence-corrected chi connectivity index (χ1v) is 9.22. The third-order valence-corrected chi connectivity index (χ3v) is 6.07. The fraction of sp³-hybridized carbons (Fsp3) is 0.714. The molecule has 1 N–H and O–H groups in total. The average molecular weight is 391 g/mol. The van der Waals surface area contributed by atoms with Gasteiger partial charge < -0.3 is 5.32 Å². The van der Waals surface area contributed by atoms with Crippen molar-refractivity contribution in [3.8, 4) is 0 Å². The molecule has 1 aromatic heterocycles. The van der Waals surface area contributed by atoms with E-state index in [0.717, 1.165) is 38.5 Å². The summed E-state index contributed by atoms with van der Waals surface area (Å²) < 4.78 is 1.14. The predicted octanol–water partition coefficient (Wildman–Crippen LogP) is 4.39. The van der Waals surface area contributed by atoms with E-state index in [0.29, 0.717) is 0 Å². The van der Waals surface area contributed by atoms with Crippen LogP contribution in [0.5, 0.6) is 0 Å². The fourth-order valence-corrected chi connectivity index (χ4v) is 4.00. The molecule has 1 aliphatic rings. The van der Waals surface area contributed by atoms with Crippen molar-refractivity contribution in [3.05, 3.63) is 15.1 Å². The molecular formula is C14H22IN3S. The maximum Gasteiger partial charge on any atom is 0.143 e. The zero-order valence-corrected chi connectivity index (χ0v) is 14.7. The van der Waals surface area contributed by atoms with Gasteiger partial charge in [-0.25, -0.2) is 9.97 Å². The molecule has 19 heavy (non-hydrogen) atoms. The van der Waals surface area contributed by atoms with Crippen LogP contribution in [0.4, 0.5) is 5.82 Å². The molecule has 5 heteroatoms. The topological polar surface area (TPSA) is 37.8 Å². The van der Waals surface area contributed by atoms with E-state index in [-0.39, 0.29) is 0 Å². The lowest BCUT2D eigenvalue weighted by Gasteiger charge is -2.20. The van der Waals surface area contributed by atoms with Crippen molar-refractivity contribution >= 4 is 40.2 Å². The minimum atomic E-state index is 0.819. The molecule has 106 valence electrons. The Balaban J connectivity index is 1.99. The van der Waals surface area contributed by atoms with Crippen LogP contribution in [0.1, 0.15) is 50.5 Å². The molecule has 1 fully saturated rings. The number of hydrogen-bond donors (Lipinski definition) is 1. The molecule has 1 saturated carbocycles. The normalized spacial score (nSPS) is 16.6. The quantitative estimate of drug-likeness (QED) is 0.756. The molecule has 0 spiro atoms. The van der Waals surface area contributed by atoms with E-state index in [1.807, 2.05) is 11.8 Å².